The number of amides is 1. The fourth-order valence-corrected chi connectivity index (χ4v) is 1.94. The summed E-state index contributed by atoms with van der Waals surface area (Å²) in [4.78, 5) is 20.4. The first-order valence-corrected chi connectivity index (χ1v) is 6.34. The van der Waals surface area contributed by atoms with Crippen LogP contribution in [0.15, 0.2) is 47.6 Å². The van der Waals surface area contributed by atoms with Crippen molar-refractivity contribution in [1.82, 2.24) is 25.1 Å². The number of aryl methyl sites for hydroxylation is 1. The van der Waals surface area contributed by atoms with Gasteiger partial charge in [-0.2, -0.15) is 5.10 Å². The highest BCUT2D eigenvalue weighted by atomic mass is 16.3. The largest absolute Gasteiger partial charge is 0.459 e. The van der Waals surface area contributed by atoms with E-state index in [0.717, 1.165) is 5.56 Å². The first-order chi connectivity index (χ1) is 10.2. The molecule has 3 aromatic heterocycles. The molecule has 0 unspecified atom stereocenters. The van der Waals surface area contributed by atoms with Crippen molar-refractivity contribution in [2.75, 3.05) is 0 Å². The van der Waals surface area contributed by atoms with E-state index >= 15 is 0 Å². The number of carbonyl (C=O) groups is 1. The molecule has 0 aliphatic rings. The lowest BCUT2D eigenvalue weighted by molar-refractivity contribution is 0.0922. The Labute approximate surface area is 120 Å². The van der Waals surface area contributed by atoms with E-state index in [-0.39, 0.29) is 18.2 Å². The van der Waals surface area contributed by atoms with Crippen molar-refractivity contribution in [3.8, 4) is 11.3 Å². The first kappa shape index (κ1) is 13.0. The standard InChI is InChI=1S/C14H13N5O2/c1-19-9-10(7-18-19)13-11(15-4-5-16-13)8-17-14(20)12-3-2-6-21-12/h2-7,9H,8H2,1H3,(H,17,20). The normalized spacial score (nSPS) is 10.5. The van der Waals surface area contributed by atoms with E-state index in [4.69, 9.17) is 4.42 Å². The number of nitrogens with one attached hydrogen (secondary N) is 1. The molecule has 21 heavy (non-hydrogen) atoms. The van der Waals surface area contributed by atoms with Crippen LogP contribution in [0.1, 0.15) is 16.2 Å². The average molecular weight is 283 g/mol. The summed E-state index contributed by atoms with van der Waals surface area (Å²) in [6, 6.07) is 3.27. The number of aromatic nitrogens is 4. The van der Waals surface area contributed by atoms with E-state index < -0.39 is 0 Å². The van der Waals surface area contributed by atoms with Gasteiger partial charge in [-0.3, -0.25) is 19.4 Å². The molecular formula is C14H13N5O2. The van der Waals surface area contributed by atoms with Gasteiger partial charge in [0.1, 0.15) is 0 Å². The lowest BCUT2D eigenvalue weighted by Gasteiger charge is -2.06. The van der Waals surface area contributed by atoms with Crippen LogP contribution in [0.5, 0.6) is 0 Å². The molecule has 1 amide bonds. The van der Waals surface area contributed by atoms with Gasteiger partial charge in [0.05, 0.1) is 30.4 Å². The molecule has 0 saturated heterocycles. The molecule has 0 aliphatic heterocycles. The molecule has 0 radical (unpaired) electrons. The number of hydrogen-bond acceptors (Lipinski definition) is 5. The summed E-state index contributed by atoms with van der Waals surface area (Å²) in [5.41, 5.74) is 2.23. The quantitative estimate of drug-likeness (QED) is 0.782. The Morgan fingerprint density at radius 1 is 1.38 bits per heavy atom. The third-order valence-corrected chi connectivity index (χ3v) is 2.91. The highest BCUT2D eigenvalue weighted by Crippen LogP contribution is 2.18. The number of carbonyl (C=O) groups excluding carboxylic acids is 1. The van der Waals surface area contributed by atoms with Gasteiger partial charge in [-0.15, -0.1) is 0 Å². The first-order valence-electron chi connectivity index (χ1n) is 6.34. The van der Waals surface area contributed by atoms with Crippen LogP contribution in [0.25, 0.3) is 11.3 Å². The van der Waals surface area contributed by atoms with Gasteiger partial charge in [-0.1, -0.05) is 0 Å². The highest BCUT2D eigenvalue weighted by Gasteiger charge is 2.12. The Morgan fingerprint density at radius 3 is 2.95 bits per heavy atom. The van der Waals surface area contributed by atoms with E-state index in [1.807, 2.05) is 13.2 Å². The van der Waals surface area contributed by atoms with Gasteiger partial charge < -0.3 is 9.73 Å². The Morgan fingerprint density at radius 2 is 2.24 bits per heavy atom. The monoisotopic (exact) mass is 283 g/mol. The number of furan rings is 1. The van der Waals surface area contributed by atoms with Gasteiger partial charge in [0.15, 0.2) is 5.76 Å². The number of rotatable bonds is 4. The minimum absolute atomic E-state index is 0.262. The molecule has 0 spiro atoms. The van der Waals surface area contributed by atoms with Gasteiger partial charge in [0.2, 0.25) is 0 Å². The average Bonchev–Trinajstić information content (AvgIpc) is 3.16. The molecule has 0 saturated carbocycles. The maximum Gasteiger partial charge on any atom is 0.287 e. The predicted molar refractivity (Wildman–Crippen MR) is 74.1 cm³/mol. The maximum atomic E-state index is 11.9. The highest BCUT2D eigenvalue weighted by molar-refractivity contribution is 5.91. The lowest BCUT2D eigenvalue weighted by atomic mass is 10.2. The van der Waals surface area contributed by atoms with Gasteiger partial charge in [0, 0.05) is 31.2 Å². The number of nitrogens with zero attached hydrogens (tertiary/aromatic N) is 4. The van der Waals surface area contributed by atoms with Crippen LogP contribution in [-0.2, 0) is 13.6 Å². The Kier molecular flexibility index (Phi) is 3.46. The fourth-order valence-electron chi connectivity index (χ4n) is 1.94. The zero-order chi connectivity index (χ0) is 14.7. The Hall–Kier alpha value is -2.96. The van der Waals surface area contributed by atoms with Gasteiger partial charge in [-0.05, 0) is 12.1 Å². The predicted octanol–water partition coefficient (Wildman–Crippen LogP) is 1.40. The molecule has 1 N–H and O–H groups in total. The summed E-state index contributed by atoms with van der Waals surface area (Å²) < 4.78 is 6.73. The van der Waals surface area contributed by atoms with E-state index in [9.17, 15) is 4.79 Å². The summed E-state index contributed by atoms with van der Waals surface area (Å²) in [5, 5.41) is 6.87. The maximum absolute atomic E-state index is 11.9. The van der Waals surface area contributed by atoms with Crippen molar-refractivity contribution in [2.24, 2.45) is 7.05 Å². The minimum atomic E-state index is -0.289. The van der Waals surface area contributed by atoms with Crippen LogP contribution in [-0.4, -0.2) is 25.7 Å². The lowest BCUT2D eigenvalue weighted by Crippen LogP contribution is -2.23. The van der Waals surface area contributed by atoms with E-state index in [1.54, 1.807) is 35.4 Å². The summed E-state index contributed by atoms with van der Waals surface area (Å²) in [6.07, 6.45) is 8.22. The molecular weight excluding hydrogens is 270 g/mol. The van der Waals surface area contributed by atoms with Crippen LogP contribution < -0.4 is 5.32 Å². The molecule has 7 heteroatoms. The van der Waals surface area contributed by atoms with Crippen LogP contribution in [0, 0.1) is 0 Å². The minimum Gasteiger partial charge on any atom is -0.459 e. The molecule has 106 valence electrons. The van der Waals surface area contributed by atoms with Crippen molar-refractivity contribution in [1.29, 1.82) is 0 Å². The molecule has 0 fully saturated rings. The van der Waals surface area contributed by atoms with Gasteiger partial charge in [-0.25, -0.2) is 0 Å². The van der Waals surface area contributed by atoms with Crippen LogP contribution in [0.3, 0.4) is 0 Å². The third kappa shape index (κ3) is 2.81. The molecule has 0 aromatic carbocycles. The zero-order valence-corrected chi connectivity index (χ0v) is 11.4. The van der Waals surface area contributed by atoms with Gasteiger partial charge in [0.25, 0.3) is 5.91 Å². The summed E-state index contributed by atoms with van der Waals surface area (Å²) in [5.74, 6) is -0.0235. The van der Waals surface area contributed by atoms with Crippen LogP contribution in [0.4, 0.5) is 0 Å². The molecule has 0 bridgehead atoms. The van der Waals surface area contributed by atoms with Crippen molar-refractivity contribution in [3.63, 3.8) is 0 Å². The fraction of sp³-hybridized carbons (Fsp3) is 0.143. The second kappa shape index (κ2) is 5.58. The summed E-state index contributed by atoms with van der Waals surface area (Å²) in [6.45, 7) is 0.262. The SMILES string of the molecule is Cn1cc(-c2nccnc2CNC(=O)c2ccco2)cn1. The van der Waals surface area contributed by atoms with Gasteiger partial charge >= 0.3 is 0 Å². The molecule has 3 rings (SSSR count). The Balaban J connectivity index is 1.78. The van der Waals surface area contributed by atoms with E-state index in [0.29, 0.717) is 11.4 Å². The molecule has 0 atom stereocenters. The molecule has 0 aliphatic carbocycles. The van der Waals surface area contributed by atoms with Crippen LogP contribution in [0.2, 0.25) is 0 Å². The van der Waals surface area contributed by atoms with Crippen molar-refractivity contribution in [3.05, 3.63) is 54.6 Å². The number of hydrogen-bond donors (Lipinski definition) is 1. The Bertz CT molecular complexity index is 748. The summed E-state index contributed by atoms with van der Waals surface area (Å²) >= 11 is 0. The molecule has 3 heterocycles. The zero-order valence-electron chi connectivity index (χ0n) is 11.4. The second-order valence-corrected chi connectivity index (χ2v) is 4.41. The third-order valence-electron chi connectivity index (χ3n) is 2.91. The van der Waals surface area contributed by atoms with Crippen molar-refractivity contribution < 1.29 is 9.21 Å². The molecule has 3 aromatic rings. The van der Waals surface area contributed by atoms with E-state index in [1.165, 1.54) is 6.26 Å². The van der Waals surface area contributed by atoms with E-state index in [2.05, 4.69) is 20.4 Å². The second-order valence-electron chi connectivity index (χ2n) is 4.41. The smallest absolute Gasteiger partial charge is 0.287 e. The van der Waals surface area contributed by atoms with Crippen molar-refractivity contribution in [2.45, 2.75) is 6.54 Å². The summed E-state index contributed by atoms with van der Waals surface area (Å²) in [7, 11) is 1.83. The van der Waals surface area contributed by atoms with Crippen molar-refractivity contribution >= 4 is 5.91 Å². The van der Waals surface area contributed by atoms with Crippen LogP contribution >= 0.6 is 0 Å². The molecule has 7 nitrogen and oxygen atoms in total. The topological polar surface area (TPSA) is 85.8 Å².